The lowest BCUT2D eigenvalue weighted by atomic mass is 10.2. The van der Waals surface area contributed by atoms with Crippen molar-refractivity contribution in [1.82, 2.24) is 9.97 Å². The van der Waals surface area contributed by atoms with Gasteiger partial charge in [-0.3, -0.25) is 4.79 Å². The minimum absolute atomic E-state index is 0.0538. The number of anilines is 1. The maximum atomic E-state index is 13.0. The van der Waals surface area contributed by atoms with Crippen LogP contribution < -0.4 is 14.8 Å². The molecule has 8 nitrogen and oxygen atoms in total. The summed E-state index contributed by atoms with van der Waals surface area (Å²) in [6.07, 6.45) is 0. The maximum absolute atomic E-state index is 13.0. The van der Waals surface area contributed by atoms with E-state index in [-0.39, 0.29) is 28.6 Å². The van der Waals surface area contributed by atoms with E-state index in [1.165, 1.54) is 42.5 Å². The summed E-state index contributed by atoms with van der Waals surface area (Å²) in [5.74, 6) is -2.34. The van der Waals surface area contributed by atoms with E-state index in [1.807, 2.05) is 0 Å². The van der Waals surface area contributed by atoms with Crippen molar-refractivity contribution >= 4 is 28.6 Å². The van der Waals surface area contributed by atoms with Gasteiger partial charge in [0.1, 0.15) is 0 Å². The first-order chi connectivity index (χ1) is 15.9. The Labute approximate surface area is 185 Å². The summed E-state index contributed by atoms with van der Waals surface area (Å²) in [4.78, 5) is 32.6. The molecule has 166 valence electrons. The van der Waals surface area contributed by atoms with Gasteiger partial charge in [-0.1, -0.05) is 24.3 Å². The van der Waals surface area contributed by atoms with E-state index in [0.29, 0.717) is 16.7 Å². The van der Waals surface area contributed by atoms with Gasteiger partial charge in [-0.05, 0) is 48.5 Å². The van der Waals surface area contributed by atoms with Gasteiger partial charge in [-0.15, -0.1) is 0 Å². The van der Waals surface area contributed by atoms with Crippen LogP contribution in [0.4, 0.5) is 14.5 Å². The molecule has 3 aromatic carbocycles. The molecule has 0 atom stereocenters. The summed E-state index contributed by atoms with van der Waals surface area (Å²) in [5, 5.41) is 11.6. The van der Waals surface area contributed by atoms with Crippen molar-refractivity contribution in [2.45, 2.75) is 6.61 Å². The Kier molecular flexibility index (Phi) is 6.07. The largest absolute Gasteiger partial charge is 0.478 e. The van der Waals surface area contributed by atoms with Crippen molar-refractivity contribution in [3.05, 3.63) is 84.1 Å². The maximum Gasteiger partial charge on any atom is 0.387 e. The van der Waals surface area contributed by atoms with Gasteiger partial charge < -0.3 is 19.9 Å². The molecule has 4 aromatic rings. The van der Waals surface area contributed by atoms with E-state index in [4.69, 9.17) is 9.84 Å². The van der Waals surface area contributed by atoms with Gasteiger partial charge in [0.2, 0.25) is 0 Å². The third-order valence-corrected chi connectivity index (χ3v) is 4.42. The normalized spacial score (nSPS) is 10.8. The number of nitrogens with one attached hydrogen (secondary N) is 1. The van der Waals surface area contributed by atoms with E-state index < -0.39 is 18.5 Å². The smallest absolute Gasteiger partial charge is 0.387 e. The Morgan fingerprint density at radius 2 is 1.45 bits per heavy atom. The number of aromatic nitrogens is 2. The molecule has 10 heteroatoms. The zero-order chi connectivity index (χ0) is 23.4. The number of aromatic carboxylic acids is 1. The van der Waals surface area contributed by atoms with Crippen LogP contribution >= 0.6 is 0 Å². The molecular weight excluding hydrogens is 436 g/mol. The molecule has 0 radical (unpaired) electrons. The van der Waals surface area contributed by atoms with Gasteiger partial charge in [0.15, 0.2) is 17.2 Å². The van der Waals surface area contributed by atoms with Crippen LogP contribution in [0.1, 0.15) is 20.8 Å². The number of carbonyl (C=O) groups is 2. The summed E-state index contributed by atoms with van der Waals surface area (Å²) in [7, 11) is 0. The van der Waals surface area contributed by atoms with Gasteiger partial charge in [-0.2, -0.15) is 8.78 Å². The van der Waals surface area contributed by atoms with Crippen LogP contribution in [0.15, 0.2) is 72.8 Å². The number of amides is 1. The molecule has 0 saturated carbocycles. The van der Waals surface area contributed by atoms with Crippen LogP contribution in [0.25, 0.3) is 11.0 Å². The molecule has 0 spiro atoms. The SMILES string of the molecule is O=C(O)c1ccc(NC(=O)c2nc3ccccc3nc2Oc2ccccc2OC(F)F)cc1. The zero-order valence-electron chi connectivity index (χ0n) is 16.7. The highest BCUT2D eigenvalue weighted by atomic mass is 19.3. The van der Waals surface area contributed by atoms with Crippen LogP contribution in [0, 0.1) is 0 Å². The second kappa shape index (κ2) is 9.27. The number of rotatable bonds is 7. The number of hydrogen-bond acceptors (Lipinski definition) is 6. The third-order valence-electron chi connectivity index (χ3n) is 4.42. The first-order valence-corrected chi connectivity index (χ1v) is 9.54. The number of halogens is 2. The number of para-hydroxylation sites is 4. The minimum Gasteiger partial charge on any atom is -0.478 e. The van der Waals surface area contributed by atoms with Crippen molar-refractivity contribution in [3.63, 3.8) is 0 Å². The van der Waals surface area contributed by atoms with Crippen LogP contribution in [0.5, 0.6) is 17.4 Å². The number of hydrogen-bond donors (Lipinski definition) is 2. The molecule has 0 unspecified atom stereocenters. The number of nitrogens with zero attached hydrogens (tertiary/aromatic N) is 2. The molecule has 1 heterocycles. The van der Waals surface area contributed by atoms with E-state index in [1.54, 1.807) is 30.3 Å². The number of ether oxygens (including phenoxy) is 2. The summed E-state index contributed by atoms with van der Waals surface area (Å²) < 4.78 is 35.7. The Morgan fingerprint density at radius 3 is 2.09 bits per heavy atom. The summed E-state index contributed by atoms with van der Waals surface area (Å²) in [5.41, 5.74) is 0.990. The van der Waals surface area contributed by atoms with Gasteiger partial charge >= 0.3 is 12.6 Å². The topological polar surface area (TPSA) is 111 Å². The highest BCUT2D eigenvalue weighted by Gasteiger charge is 2.21. The predicted octanol–water partition coefficient (Wildman–Crippen LogP) is 4.97. The quantitative estimate of drug-likeness (QED) is 0.408. The average molecular weight is 451 g/mol. The van der Waals surface area contributed by atoms with E-state index in [2.05, 4.69) is 20.0 Å². The highest BCUT2D eigenvalue weighted by Crippen LogP contribution is 2.33. The third kappa shape index (κ3) is 5.01. The van der Waals surface area contributed by atoms with Gasteiger partial charge in [0.05, 0.1) is 16.6 Å². The molecule has 0 aliphatic heterocycles. The highest BCUT2D eigenvalue weighted by molar-refractivity contribution is 6.05. The second-order valence-electron chi connectivity index (χ2n) is 6.63. The number of benzene rings is 3. The fourth-order valence-corrected chi connectivity index (χ4v) is 2.92. The average Bonchev–Trinajstić information content (AvgIpc) is 2.80. The molecule has 1 amide bonds. The Morgan fingerprint density at radius 1 is 0.848 bits per heavy atom. The van der Waals surface area contributed by atoms with Crippen molar-refractivity contribution in [1.29, 1.82) is 0 Å². The van der Waals surface area contributed by atoms with Gasteiger partial charge in [-0.25, -0.2) is 14.8 Å². The first-order valence-electron chi connectivity index (χ1n) is 9.54. The number of alkyl halides is 2. The molecule has 33 heavy (non-hydrogen) atoms. The standard InChI is InChI=1S/C23H15F2N3O5/c24-23(25)33-18-8-4-3-7-17(18)32-21-19(27-15-5-1-2-6-16(15)28-21)20(29)26-14-11-9-13(10-12-14)22(30)31/h1-12,23H,(H,26,29)(H,30,31). The Balaban J connectivity index is 1.71. The fourth-order valence-electron chi connectivity index (χ4n) is 2.92. The minimum atomic E-state index is -3.08. The van der Waals surface area contributed by atoms with Crippen molar-refractivity contribution in [2.24, 2.45) is 0 Å². The van der Waals surface area contributed by atoms with E-state index >= 15 is 0 Å². The predicted molar refractivity (Wildman–Crippen MR) is 114 cm³/mol. The molecule has 0 fully saturated rings. The summed E-state index contributed by atoms with van der Waals surface area (Å²) >= 11 is 0. The summed E-state index contributed by atoms with van der Waals surface area (Å²) in [6, 6.07) is 18.0. The van der Waals surface area contributed by atoms with E-state index in [0.717, 1.165) is 0 Å². The second-order valence-corrected chi connectivity index (χ2v) is 6.63. The van der Waals surface area contributed by atoms with Crippen molar-refractivity contribution in [2.75, 3.05) is 5.32 Å². The Bertz CT molecular complexity index is 1330. The molecule has 4 rings (SSSR count). The molecule has 0 bridgehead atoms. The molecular formula is C23H15F2N3O5. The lowest BCUT2D eigenvalue weighted by Crippen LogP contribution is -2.16. The van der Waals surface area contributed by atoms with Crippen LogP contribution in [0.3, 0.4) is 0 Å². The lowest BCUT2D eigenvalue weighted by Gasteiger charge is -2.14. The van der Waals surface area contributed by atoms with Crippen LogP contribution in [-0.4, -0.2) is 33.6 Å². The number of carbonyl (C=O) groups excluding carboxylic acids is 1. The van der Waals surface area contributed by atoms with Crippen LogP contribution in [0.2, 0.25) is 0 Å². The zero-order valence-corrected chi connectivity index (χ0v) is 16.7. The van der Waals surface area contributed by atoms with Gasteiger partial charge in [0.25, 0.3) is 11.8 Å². The monoisotopic (exact) mass is 451 g/mol. The Hall–Kier alpha value is -4.60. The van der Waals surface area contributed by atoms with E-state index in [9.17, 15) is 18.4 Å². The number of fused-ring (bicyclic) bond motifs is 1. The first kappa shape index (κ1) is 21.6. The molecule has 2 N–H and O–H groups in total. The van der Waals surface area contributed by atoms with Crippen LogP contribution in [-0.2, 0) is 0 Å². The van der Waals surface area contributed by atoms with Crippen molar-refractivity contribution in [3.8, 4) is 17.4 Å². The number of carboxylic acids is 1. The fraction of sp³-hybridized carbons (Fsp3) is 0.0435. The molecule has 0 saturated heterocycles. The molecule has 1 aromatic heterocycles. The lowest BCUT2D eigenvalue weighted by molar-refractivity contribution is -0.0510. The summed E-state index contributed by atoms with van der Waals surface area (Å²) in [6.45, 7) is -3.08. The number of carboxylic acid groups (broad SMARTS) is 1. The molecule has 0 aliphatic carbocycles. The van der Waals surface area contributed by atoms with Crippen molar-refractivity contribution < 1.29 is 33.0 Å². The molecule has 0 aliphatic rings. The van der Waals surface area contributed by atoms with Gasteiger partial charge in [0, 0.05) is 5.69 Å².